The molecule has 2 heterocycles. The maximum absolute atomic E-state index is 13.3. The van der Waals surface area contributed by atoms with Crippen molar-refractivity contribution in [2.24, 2.45) is 5.10 Å². The summed E-state index contributed by atoms with van der Waals surface area (Å²) in [5.74, 6) is 0.255. The first-order chi connectivity index (χ1) is 16.8. The number of ether oxygens (including phenoxy) is 1. The van der Waals surface area contributed by atoms with Gasteiger partial charge in [-0.1, -0.05) is 28.9 Å². The monoisotopic (exact) mass is 534 g/mol. The molecule has 0 bridgehead atoms. The molecule has 35 heavy (non-hydrogen) atoms. The number of rotatable bonds is 6. The van der Waals surface area contributed by atoms with Crippen molar-refractivity contribution in [2.75, 3.05) is 7.11 Å². The Morgan fingerprint density at radius 1 is 1.17 bits per heavy atom. The Kier molecular flexibility index (Phi) is 7.03. The third-order valence-electron chi connectivity index (χ3n) is 6.08. The lowest BCUT2D eigenvalue weighted by molar-refractivity contribution is 0.0600. The Morgan fingerprint density at radius 2 is 1.94 bits per heavy atom. The molecule has 0 fully saturated rings. The molecule has 0 spiro atoms. The molecular formula is C27H27BrN4O3. The minimum absolute atomic E-state index is 0.202. The number of aryl methyl sites for hydroxylation is 2. The van der Waals surface area contributed by atoms with E-state index in [-0.39, 0.29) is 11.5 Å². The first kappa shape index (κ1) is 24.6. The van der Waals surface area contributed by atoms with Gasteiger partial charge in [-0.25, -0.2) is 9.78 Å². The summed E-state index contributed by atoms with van der Waals surface area (Å²) >= 11 is 3.44. The van der Waals surface area contributed by atoms with Gasteiger partial charge in [-0.05, 0) is 69.2 Å². The summed E-state index contributed by atoms with van der Waals surface area (Å²) in [6, 6.07) is 13.1. The van der Waals surface area contributed by atoms with Crippen LogP contribution in [0.4, 0.5) is 0 Å². The standard InChI is InChI=1S/C27H27BrN4O3/c1-6-8-25-30-23-12-11-20(28)14-22(23)26(33)32(25)29-15-19-13-16(2)31(18(19)4)24-10-7-9-21(17(24)3)27(34)35-5/h7,9-15H,6,8H2,1-5H3. The van der Waals surface area contributed by atoms with Crippen molar-refractivity contribution in [3.05, 3.63) is 91.2 Å². The molecule has 8 heteroatoms. The molecule has 0 atom stereocenters. The van der Waals surface area contributed by atoms with Crippen LogP contribution in [0.15, 0.2) is 56.8 Å². The highest BCUT2D eigenvalue weighted by atomic mass is 79.9. The summed E-state index contributed by atoms with van der Waals surface area (Å²) in [5.41, 5.74) is 5.50. The van der Waals surface area contributed by atoms with Crippen molar-refractivity contribution in [3.63, 3.8) is 0 Å². The number of halogens is 1. The molecule has 180 valence electrons. The van der Waals surface area contributed by atoms with E-state index in [2.05, 4.69) is 25.6 Å². The highest BCUT2D eigenvalue weighted by molar-refractivity contribution is 9.10. The number of aromatic nitrogens is 3. The third-order valence-corrected chi connectivity index (χ3v) is 6.58. The highest BCUT2D eigenvalue weighted by Crippen LogP contribution is 2.25. The van der Waals surface area contributed by atoms with E-state index in [1.165, 1.54) is 11.8 Å². The maximum atomic E-state index is 13.3. The van der Waals surface area contributed by atoms with E-state index in [1.54, 1.807) is 18.3 Å². The van der Waals surface area contributed by atoms with E-state index < -0.39 is 0 Å². The van der Waals surface area contributed by atoms with Gasteiger partial charge in [0.05, 0.1) is 29.8 Å². The molecule has 7 nitrogen and oxygen atoms in total. The molecule has 0 N–H and O–H groups in total. The molecule has 2 aromatic heterocycles. The van der Waals surface area contributed by atoms with Gasteiger partial charge < -0.3 is 9.30 Å². The second-order valence-corrected chi connectivity index (χ2v) is 9.32. The summed E-state index contributed by atoms with van der Waals surface area (Å²) < 4.78 is 9.22. The molecule has 0 saturated heterocycles. The minimum atomic E-state index is -0.369. The number of hydrogen-bond donors (Lipinski definition) is 0. The van der Waals surface area contributed by atoms with Gasteiger partial charge in [0.25, 0.3) is 5.56 Å². The summed E-state index contributed by atoms with van der Waals surface area (Å²) in [5, 5.41) is 5.09. The highest BCUT2D eigenvalue weighted by Gasteiger charge is 2.17. The van der Waals surface area contributed by atoms with E-state index in [0.717, 1.165) is 39.1 Å². The normalized spacial score (nSPS) is 11.5. The van der Waals surface area contributed by atoms with Crippen LogP contribution in [0.3, 0.4) is 0 Å². The molecule has 0 radical (unpaired) electrons. The first-order valence-corrected chi connectivity index (χ1v) is 12.2. The quantitative estimate of drug-likeness (QED) is 0.242. The zero-order valence-electron chi connectivity index (χ0n) is 20.4. The van der Waals surface area contributed by atoms with Crippen LogP contribution in [0.2, 0.25) is 0 Å². The molecule has 0 amide bonds. The van der Waals surface area contributed by atoms with Crippen LogP contribution in [0, 0.1) is 20.8 Å². The Labute approximate surface area is 212 Å². The molecule has 0 unspecified atom stereocenters. The number of nitrogens with zero attached hydrogens (tertiary/aromatic N) is 4. The summed E-state index contributed by atoms with van der Waals surface area (Å²) in [6.07, 6.45) is 3.18. The van der Waals surface area contributed by atoms with E-state index in [9.17, 15) is 9.59 Å². The lowest BCUT2D eigenvalue weighted by Crippen LogP contribution is -2.22. The second kappa shape index (κ2) is 10.00. The molecular weight excluding hydrogens is 508 g/mol. The number of carbonyl (C=O) groups is 1. The van der Waals surface area contributed by atoms with Gasteiger partial charge in [-0.3, -0.25) is 4.79 Å². The molecule has 0 aliphatic heterocycles. The van der Waals surface area contributed by atoms with Gasteiger partial charge in [0, 0.05) is 33.5 Å². The van der Waals surface area contributed by atoms with Crippen LogP contribution in [-0.4, -0.2) is 33.5 Å². The van der Waals surface area contributed by atoms with Crippen molar-refractivity contribution in [1.29, 1.82) is 0 Å². The van der Waals surface area contributed by atoms with Crippen molar-refractivity contribution in [2.45, 2.75) is 40.5 Å². The molecule has 4 aromatic rings. The van der Waals surface area contributed by atoms with Gasteiger partial charge in [-0.15, -0.1) is 0 Å². The second-order valence-electron chi connectivity index (χ2n) is 8.40. The van der Waals surface area contributed by atoms with E-state index >= 15 is 0 Å². The summed E-state index contributed by atoms with van der Waals surface area (Å²) in [6.45, 7) is 7.94. The fraction of sp³-hybridized carbons (Fsp3) is 0.259. The fourth-order valence-corrected chi connectivity index (χ4v) is 4.67. The smallest absolute Gasteiger partial charge is 0.338 e. The predicted octanol–water partition coefficient (Wildman–Crippen LogP) is 5.50. The number of fused-ring (bicyclic) bond motifs is 1. The van der Waals surface area contributed by atoms with Crippen molar-refractivity contribution in [1.82, 2.24) is 14.2 Å². The number of hydrogen-bond acceptors (Lipinski definition) is 5. The Balaban J connectivity index is 1.82. The molecule has 2 aromatic carbocycles. The molecule has 0 aliphatic carbocycles. The van der Waals surface area contributed by atoms with Crippen LogP contribution in [0.1, 0.15) is 52.0 Å². The zero-order valence-corrected chi connectivity index (χ0v) is 22.0. The Hall–Kier alpha value is -3.52. The zero-order chi connectivity index (χ0) is 25.3. The predicted molar refractivity (Wildman–Crippen MR) is 142 cm³/mol. The van der Waals surface area contributed by atoms with Gasteiger partial charge in [-0.2, -0.15) is 9.78 Å². The number of methoxy groups -OCH3 is 1. The minimum Gasteiger partial charge on any atom is -0.465 e. The van der Waals surface area contributed by atoms with Gasteiger partial charge in [0.2, 0.25) is 0 Å². The van der Waals surface area contributed by atoms with Crippen molar-refractivity contribution < 1.29 is 9.53 Å². The number of benzene rings is 2. The number of esters is 1. The fourth-order valence-electron chi connectivity index (χ4n) is 4.31. The van der Waals surface area contributed by atoms with Crippen LogP contribution in [-0.2, 0) is 11.2 Å². The van der Waals surface area contributed by atoms with Crippen LogP contribution < -0.4 is 5.56 Å². The topological polar surface area (TPSA) is 78.5 Å². The summed E-state index contributed by atoms with van der Waals surface area (Å²) in [4.78, 5) is 30.2. The Bertz CT molecular complexity index is 1530. The Morgan fingerprint density at radius 3 is 2.66 bits per heavy atom. The van der Waals surface area contributed by atoms with Crippen LogP contribution >= 0.6 is 15.9 Å². The molecule has 0 aliphatic rings. The maximum Gasteiger partial charge on any atom is 0.338 e. The van der Waals surface area contributed by atoms with Gasteiger partial charge in [0.15, 0.2) is 0 Å². The SMILES string of the molecule is CCCc1nc2ccc(Br)cc2c(=O)n1N=Cc1cc(C)n(-c2cccc(C(=O)OC)c2C)c1C. The van der Waals surface area contributed by atoms with Crippen molar-refractivity contribution >= 4 is 39.0 Å². The first-order valence-electron chi connectivity index (χ1n) is 11.4. The molecule has 0 saturated carbocycles. The van der Waals surface area contributed by atoms with Gasteiger partial charge in [0.1, 0.15) is 5.82 Å². The van der Waals surface area contributed by atoms with Gasteiger partial charge >= 0.3 is 5.97 Å². The third kappa shape index (κ3) is 4.58. The molecule has 4 rings (SSSR count). The van der Waals surface area contributed by atoms with Crippen LogP contribution in [0.25, 0.3) is 16.6 Å². The largest absolute Gasteiger partial charge is 0.465 e. The van der Waals surface area contributed by atoms with E-state index in [4.69, 9.17) is 9.72 Å². The van der Waals surface area contributed by atoms with Crippen LogP contribution in [0.5, 0.6) is 0 Å². The van der Waals surface area contributed by atoms with E-state index in [1.807, 2.05) is 58.0 Å². The lowest BCUT2D eigenvalue weighted by atomic mass is 10.1. The average Bonchev–Trinajstić information content (AvgIpc) is 3.12. The van der Waals surface area contributed by atoms with Crippen molar-refractivity contribution in [3.8, 4) is 5.69 Å². The lowest BCUT2D eigenvalue weighted by Gasteiger charge is -2.15. The average molecular weight is 535 g/mol. The number of carbonyl (C=O) groups excluding carboxylic acids is 1. The van der Waals surface area contributed by atoms with E-state index in [0.29, 0.717) is 28.7 Å². The summed E-state index contributed by atoms with van der Waals surface area (Å²) in [7, 11) is 1.38.